The highest BCUT2D eigenvalue weighted by molar-refractivity contribution is 9.10. The van der Waals surface area contributed by atoms with E-state index in [0.29, 0.717) is 6.42 Å². The molecule has 1 atom stereocenters. The van der Waals surface area contributed by atoms with Crippen LogP contribution in [0.15, 0.2) is 28.9 Å². The van der Waals surface area contributed by atoms with Gasteiger partial charge >= 0.3 is 0 Å². The Balaban J connectivity index is 2.19. The van der Waals surface area contributed by atoms with Crippen molar-refractivity contribution < 1.29 is 4.74 Å². The van der Waals surface area contributed by atoms with Gasteiger partial charge in [0.05, 0.1) is 23.3 Å². The van der Waals surface area contributed by atoms with Crippen LogP contribution in [0.1, 0.15) is 17.3 Å². The van der Waals surface area contributed by atoms with Crippen molar-refractivity contribution in [1.82, 2.24) is 20.4 Å². The van der Waals surface area contributed by atoms with Crippen LogP contribution in [0.4, 0.5) is 0 Å². The molecule has 1 aromatic heterocycles. The summed E-state index contributed by atoms with van der Waals surface area (Å²) in [6, 6.07) is 5.84. The molecule has 0 amide bonds. The van der Waals surface area contributed by atoms with Gasteiger partial charge in [-0.05, 0) is 33.6 Å². The van der Waals surface area contributed by atoms with Crippen LogP contribution < -0.4 is 16.0 Å². The van der Waals surface area contributed by atoms with Gasteiger partial charge in [-0.15, -0.1) is 5.10 Å². The van der Waals surface area contributed by atoms with Crippen molar-refractivity contribution in [3.8, 4) is 5.75 Å². The molecule has 0 aliphatic carbocycles. The second kappa shape index (κ2) is 6.14. The van der Waals surface area contributed by atoms with Gasteiger partial charge in [0.2, 0.25) is 0 Å². The second-order valence-electron chi connectivity index (χ2n) is 4.20. The van der Waals surface area contributed by atoms with E-state index in [0.717, 1.165) is 21.5 Å². The third-order valence-electron chi connectivity index (χ3n) is 2.84. The Labute approximate surface area is 120 Å². The number of rotatable bonds is 5. The van der Waals surface area contributed by atoms with E-state index in [9.17, 15) is 0 Å². The van der Waals surface area contributed by atoms with Crippen molar-refractivity contribution in [2.24, 2.45) is 12.9 Å². The second-order valence-corrected chi connectivity index (χ2v) is 5.06. The zero-order valence-corrected chi connectivity index (χ0v) is 12.4. The lowest BCUT2D eigenvalue weighted by Crippen LogP contribution is -2.29. The summed E-state index contributed by atoms with van der Waals surface area (Å²) in [6.45, 7) is 0. The van der Waals surface area contributed by atoms with Crippen LogP contribution in [0.25, 0.3) is 0 Å². The topological polar surface area (TPSA) is 78.0 Å². The minimum atomic E-state index is -0.0288. The van der Waals surface area contributed by atoms with E-state index in [1.807, 2.05) is 31.4 Å². The minimum absolute atomic E-state index is 0.0288. The molecular weight excluding hydrogens is 310 g/mol. The molecular formula is C12H16BrN5O. The molecule has 1 aromatic carbocycles. The van der Waals surface area contributed by atoms with Gasteiger partial charge in [-0.25, -0.2) is 0 Å². The number of nitrogens with two attached hydrogens (primary N) is 1. The molecule has 0 saturated carbocycles. The van der Waals surface area contributed by atoms with Crippen LogP contribution in [-0.4, -0.2) is 22.1 Å². The van der Waals surface area contributed by atoms with Crippen LogP contribution in [0.5, 0.6) is 5.75 Å². The molecule has 0 radical (unpaired) electrons. The third-order valence-corrected chi connectivity index (χ3v) is 3.46. The maximum atomic E-state index is 5.63. The standard InChI is InChI=1S/C12H16BrN5O/c1-18-7-9(16-17-18)6-11(15-14)8-3-4-12(19-2)10(13)5-8/h3-5,7,11,15H,6,14H2,1-2H3. The summed E-state index contributed by atoms with van der Waals surface area (Å²) < 4.78 is 7.78. The van der Waals surface area contributed by atoms with Gasteiger partial charge in [0.1, 0.15) is 5.75 Å². The molecule has 7 heteroatoms. The van der Waals surface area contributed by atoms with Crippen molar-refractivity contribution in [3.05, 3.63) is 40.1 Å². The van der Waals surface area contributed by atoms with Crippen molar-refractivity contribution in [1.29, 1.82) is 0 Å². The van der Waals surface area contributed by atoms with Gasteiger partial charge in [-0.2, -0.15) is 0 Å². The summed E-state index contributed by atoms with van der Waals surface area (Å²) in [4.78, 5) is 0. The monoisotopic (exact) mass is 325 g/mol. The number of methoxy groups -OCH3 is 1. The van der Waals surface area contributed by atoms with E-state index in [1.165, 1.54) is 0 Å². The largest absolute Gasteiger partial charge is 0.496 e. The maximum Gasteiger partial charge on any atom is 0.133 e. The highest BCUT2D eigenvalue weighted by atomic mass is 79.9. The molecule has 102 valence electrons. The van der Waals surface area contributed by atoms with E-state index < -0.39 is 0 Å². The fraction of sp³-hybridized carbons (Fsp3) is 0.333. The number of benzene rings is 1. The number of hydrazine groups is 1. The summed E-state index contributed by atoms with van der Waals surface area (Å²) in [5.74, 6) is 6.42. The third kappa shape index (κ3) is 3.31. The Morgan fingerprint density at radius 2 is 2.32 bits per heavy atom. The lowest BCUT2D eigenvalue weighted by Gasteiger charge is -2.16. The molecule has 0 aliphatic heterocycles. The van der Waals surface area contributed by atoms with E-state index in [-0.39, 0.29) is 6.04 Å². The first-order valence-corrected chi connectivity index (χ1v) is 6.58. The Bertz CT molecular complexity index is 557. The molecule has 1 heterocycles. The molecule has 0 spiro atoms. The smallest absolute Gasteiger partial charge is 0.133 e. The number of nitrogens with zero attached hydrogens (tertiary/aromatic N) is 3. The van der Waals surface area contributed by atoms with Gasteiger partial charge in [0, 0.05) is 19.7 Å². The number of halogens is 1. The zero-order valence-electron chi connectivity index (χ0n) is 10.8. The fourth-order valence-electron chi connectivity index (χ4n) is 1.87. The predicted molar refractivity (Wildman–Crippen MR) is 75.5 cm³/mol. The van der Waals surface area contributed by atoms with Crippen molar-refractivity contribution in [3.63, 3.8) is 0 Å². The molecule has 1 unspecified atom stereocenters. The molecule has 3 N–H and O–H groups in total. The van der Waals surface area contributed by atoms with Gasteiger partial charge in [0.25, 0.3) is 0 Å². The van der Waals surface area contributed by atoms with Gasteiger partial charge in [-0.1, -0.05) is 11.3 Å². The van der Waals surface area contributed by atoms with Crippen LogP contribution in [0.3, 0.4) is 0 Å². The molecule has 2 aromatic rings. The lowest BCUT2D eigenvalue weighted by atomic mass is 10.0. The SMILES string of the molecule is COc1ccc(C(Cc2cn(C)nn2)NN)cc1Br. The number of nitrogens with one attached hydrogen (secondary N) is 1. The Kier molecular flexibility index (Phi) is 4.52. The minimum Gasteiger partial charge on any atom is -0.496 e. The van der Waals surface area contributed by atoms with Crippen LogP contribution in [0, 0.1) is 0 Å². The highest BCUT2D eigenvalue weighted by Gasteiger charge is 2.14. The number of aryl methyl sites for hydroxylation is 1. The fourth-order valence-corrected chi connectivity index (χ4v) is 2.43. The summed E-state index contributed by atoms with van der Waals surface area (Å²) >= 11 is 3.47. The molecule has 6 nitrogen and oxygen atoms in total. The van der Waals surface area contributed by atoms with Gasteiger partial charge < -0.3 is 4.74 Å². The van der Waals surface area contributed by atoms with E-state index >= 15 is 0 Å². The number of hydrogen-bond donors (Lipinski definition) is 2. The first-order valence-electron chi connectivity index (χ1n) is 5.78. The first-order chi connectivity index (χ1) is 9.13. The van der Waals surface area contributed by atoms with Gasteiger partial charge in [0.15, 0.2) is 0 Å². The molecule has 19 heavy (non-hydrogen) atoms. The number of hydrogen-bond acceptors (Lipinski definition) is 5. The average Bonchev–Trinajstić information content (AvgIpc) is 2.81. The van der Waals surface area contributed by atoms with Crippen LogP contribution in [0.2, 0.25) is 0 Å². The molecule has 0 bridgehead atoms. The normalized spacial score (nSPS) is 12.4. The van der Waals surface area contributed by atoms with E-state index in [4.69, 9.17) is 10.6 Å². The van der Waals surface area contributed by atoms with E-state index in [2.05, 4.69) is 31.7 Å². The Morgan fingerprint density at radius 1 is 1.53 bits per heavy atom. The molecule has 0 fully saturated rings. The first kappa shape index (κ1) is 14.0. The van der Waals surface area contributed by atoms with Gasteiger partial charge in [-0.3, -0.25) is 16.0 Å². The van der Waals surface area contributed by atoms with Crippen molar-refractivity contribution >= 4 is 15.9 Å². The lowest BCUT2D eigenvalue weighted by molar-refractivity contribution is 0.411. The molecule has 0 saturated heterocycles. The molecule has 2 rings (SSSR count). The number of aromatic nitrogens is 3. The molecule has 0 aliphatic rings. The zero-order chi connectivity index (χ0) is 13.8. The Morgan fingerprint density at radius 3 is 2.84 bits per heavy atom. The average molecular weight is 326 g/mol. The summed E-state index contributed by atoms with van der Waals surface area (Å²) in [5.41, 5.74) is 4.74. The Hall–Kier alpha value is -1.44. The van der Waals surface area contributed by atoms with E-state index in [1.54, 1.807) is 11.8 Å². The summed E-state index contributed by atoms with van der Waals surface area (Å²) in [6.07, 6.45) is 2.55. The quantitative estimate of drug-likeness (QED) is 0.640. The summed E-state index contributed by atoms with van der Waals surface area (Å²) in [5, 5.41) is 7.98. The maximum absolute atomic E-state index is 5.63. The summed E-state index contributed by atoms with van der Waals surface area (Å²) in [7, 11) is 3.48. The van der Waals surface area contributed by atoms with Crippen molar-refractivity contribution in [2.45, 2.75) is 12.5 Å². The van der Waals surface area contributed by atoms with Crippen LogP contribution >= 0.6 is 15.9 Å². The highest BCUT2D eigenvalue weighted by Crippen LogP contribution is 2.28. The van der Waals surface area contributed by atoms with Crippen LogP contribution in [-0.2, 0) is 13.5 Å². The van der Waals surface area contributed by atoms with Crippen molar-refractivity contribution in [2.75, 3.05) is 7.11 Å². The predicted octanol–water partition coefficient (Wildman–Crippen LogP) is 1.33. The number of ether oxygens (including phenoxy) is 1.